The molecular weight excluding hydrogens is 240 g/mol. The lowest BCUT2D eigenvalue weighted by molar-refractivity contribution is 0.929. The summed E-state index contributed by atoms with van der Waals surface area (Å²) in [6.07, 6.45) is 1.80. The minimum absolute atomic E-state index is 0.261. The van der Waals surface area contributed by atoms with Crippen LogP contribution in [0.2, 0.25) is 0 Å². The number of aliphatic imine (C=N–C) groups is 1. The molecule has 1 aromatic heterocycles. The zero-order valence-electron chi connectivity index (χ0n) is 9.40. The van der Waals surface area contributed by atoms with E-state index in [2.05, 4.69) is 30.8 Å². The molecule has 5 N–H and O–H groups in total. The van der Waals surface area contributed by atoms with Crippen molar-refractivity contribution in [3.8, 4) is 6.19 Å². The predicted molar refractivity (Wildman–Crippen MR) is 67.1 cm³/mol. The largest absolute Gasteiger partial charge is 0.367 e. The maximum absolute atomic E-state index is 8.40. The summed E-state index contributed by atoms with van der Waals surface area (Å²) in [5.74, 6) is 3.06. The molecule has 9 heteroatoms. The van der Waals surface area contributed by atoms with Crippen LogP contribution in [0.4, 0.5) is 5.95 Å². The number of nitriles is 1. The van der Waals surface area contributed by atoms with Gasteiger partial charge in [-0.05, 0) is 0 Å². The first-order valence-corrected chi connectivity index (χ1v) is 6.02. The van der Waals surface area contributed by atoms with Crippen molar-refractivity contribution in [2.75, 3.05) is 25.1 Å². The molecule has 0 amide bonds. The van der Waals surface area contributed by atoms with E-state index in [1.54, 1.807) is 25.0 Å². The van der Waals surface area contributed by atoms with Gasteiger partial charge >= 0.3 is 0 Å². The zero-order valence-corrected chi connectivity index (χ0v) is 10.2. The van der Waals surface area contributed by atoms with Crippen LogP contribution in [0.15, 0.2) is 4.99 Å². The molecule has 0 aliphatic carbocycles. The Morgan fingerprint density at radius 1 is 1.71 bits per heavy atom. The Hall–Kier alpha value is -1.95. The molecule has 1 rings (SSSR count). The Balaban J connectivity index is 2.11. The summed E-state index contributed by atoms with van der Waals surface area (Å²) in [6.45, 7) is 0.704. The number of guanidine groups is 1. The molecule has 92 valence electrons. The average Bonchev–Trinajstić information content (AvgIpc) is 2.73. The minimum atomic E-state index is 0.261. The standard InChI is InChI=1S/C8H14N8S/c1-11-8(13-5-9)12-2-3-17-4-6-14-7(10)16-15-6/h2-4H2,1H3,(H2,11,12,13)(H3,10,14,15,16). The van der Waals surface area contributed by atoms with Crippen molar-refractivity contribution in [2.45, 2.75) is 5.75 Å². The van der Waals surface area contributed by atoms with Crippen molar-refractivity contribution in [1.29, 1.82) is 5.26 Å². The van der Waals surface area contributed by atoms with Gasteiger partial charge in [0.1, 0.15) is 5.82 Å². The Bertz CT molecular complexity index is 406. The SMILES string of the molecule is CN=C(NC#N)NCCSCc1nc(N)n[nH]1. The number of hydrogen-bond acceptors (Lipinski definition) is 6. The van der Waals surface area contributed by atoms with Crippen LogP contribution >= 0.6 is 11.8 Å². The Morgan fingerprint density at radius 3 is 3.12 bits per heavy atom. The van der Waals surface area contributed by atoms with Crippen molar-refractivity contribution < 1.29 is 0 Å². The van der Waals surface area contributed by atoms with E-state index in [1.165, 1.54) is 0 Å². The number of hydrogen-bond donors (Lipinski definition) is 4. The third-order valence-electron chi connectivity index (χ3n) is 1.72. The molecular formula is C8H14N8S. The number of nitrogens with one attached hydrogen (secondary N) is 3. The number of aromatic nitrogens is 3. The van der Waals surface area contributed by atoms with Crippen molar-refractivity contribution in [3.63, 3.8) is 0 Å². The number of nitrogens with two attached hydrogens (primary N) is 1. The summed E-state index contributed by atoms with van der Waals surface area (Å²) in [5.41, 5.74) is 5.37. The van der Waals surface area contributed by atoms with Crippen LogP contribution in [-0.4, -0.2) is 40.5 Å². The van der Waals surface area contributed by atoms with E-state index in [0.717, 1.165) is 17.3 Å². The van der Waals surface area contributed by atoms with Gasteiger partial charge in [-0.1, -0.05) is 0 Å². The first-order chi connectivity index (χ1) is 8.26. The summed E-state index contributed by atoms with van der Waals surface area (Å²) >= 11 is 1.67. The molecule has 0 saturated carbocycles. The molecule has 0 bridgehead atoms. The van der Waals surface area contributed by atoms with E-state index in [9.17, 15) is 0 Å². The molecule has 0 aromatic carbocycles. The van der Waals surface area contributed by atoms with Gasteiger partial charge < -0.3 is 11.1 Å². The number of thioether (sulfide) groups is 1. The van der Waals surface area contributed by atoms with E-state index >= 15 is 0 Å². The molecule has 17 heavy (non-hydrogen) atoms. The highest BCUT2D eigenvalue weighted by Crippen LogP contribution is 2.07. The Morgan fingerprint density at radius 2 is 2.53 bits per heavy atom. The van der Waals surface area contributed by atoms with Crippen LogP contribution in [0.25, 0.3) is 0 Å². The number of rotatable bonds is 5. The van der Waals surface area contributed by atoms with Gasteiger partial charge in [-0.3, -0.25) is 15.4 Å². The predicted octanol–water partition coefficient (Wildman–Crippen LogP) is -0.734. The van der Waals surface area contributed by atoms with Gasteiger partial charge in [-0.2, -0.15) is 22.0 Å². The van der Waals surface area contributed by atoms with Crippen molar-refractivity contribution in [1.82, 2.24) is 25.8 Å². The highest BCUT2D eigenvalue weighted by Gasteiger charge is 2.00. The first kappa shape index (κ1) is 13.1. The fraction of sp³-hybridized carbons (Fsp3) is 0.500. The number of anilines is 1. The fourth-order valence-corrected chi connectivity index (χ4v) is 1.73. The Kier molecular flexibility index (Phi) is 5.67. The molecule has 0 spiro atoms. The summed E-state index contributed by atoms with van der Waals surface area (Å²) in [4.78, 5) is 7.83. The number of nitrogen functional groups attached to an aromatic ring is 1. The van der Waals surface area contributed by atoms with Gasteiger partial charge in [0.25, 0.3) is 0 Å². The van der Waals surface area contributed by atoms with Crippen LogP contribution in [0.3, 0.4) is 0 Å². The first-order valence-electron chi connectivity index (χ1n) is 4.86. The quantitative estimate of drug-likeness (QED) is 0.179. The van der Waals surface area contributed by atoms with Gasteiger partial charge in [-0.25, -0.2) is 0 Å². The molecule has 0 saturated heterocycles. The molecule has 0 fully saturated rings. The van der Waals surface area contributed by atoms with Crippen molar-refractivity contribution >= 4 is 23.7 Å². The maximum atomic E-state index is 8.40. The summed E-state index contributed by atoms with van der Waals surface area (Å²) in [5, 5.41) is 20.3. The monoisotopic (exact) mass is 254 g/mol. The lowest BCUT2D eigenvalue weighted by Gasteiger charge is -2.05. The molecule has 0 aliphatic heterocycles. The van der Waals surface area contributed by atoms with Gasteiger partial charge in [0.15, 0.2) is 6.19 Å². The second kappa shape index (κ2) is 7.34. The maximum Gasteiger partial charge on any atom is 0.239 e. The van der Waals surface area contributed by atoms with Gasteiger partial charge in [0.2, 0.25) is 11.9 Å². The molecule has 1 aromatic rings. The summed E-state index contributed by atoms with van der Waals surface area (Å²) < 4.78 is 0. The second-order valence-electron chi connectivity index (χ2n) is 2.93. The third-order valence-corrected chi connectivity index (χ3v) is 2.69. The van der Waals surface area contributed by atoms with Crippen molar-refractivity contribution in [2.24, 2.45) is 4.99 Å². The topological polar surface area (TPSA) is 128 Å². The Labute approximate surface area is 103 Å². The van der Waals surface area contributed by atoms with E-state index in [1.807, 2.05) is 0 Å². The fourth-order valence-electron chi connectivity index (χ4n) is 1.02. The average molecular weight is 254 g/mol. The van der Waals surface area contributed by atoms with E-state index < -0.39 is 0 Å². The number of H-pyrrole nitrogens is 1. The molecule has 0 aliphatic rings. The van der Waals surface area contributed by atoms with Crippen LogP contribution < -0.4 is 16.4 Å². The van der Waals surface area contributed by atoms with Crippen LogP contribution in [0, 0.1) is 11.5 Å². The van der Waals surface area contributed by atoms with E-state index in [4.69, 9.17) is 11.0 Å². The third kappa shape index (κ3) is 5.07. The molecule has 0 radical (unpaired) electrons. The van der Waals surface area contributed by atoms with Crippen LogP contribution in [-0.2, 0) is 5.75 Å². The lowest BCUT2D eigenvalue weighted by Crippen LogP contribution is -2.35. The van der Waals surface area contributed by atoms with Crippen molar-refractivity contribution in [3.05, 3.63) is 5.82 Å². The summed E-state index contributed by atoms with van der Waals surface area (Å²) in [6, 6.07) is 0. The van der Waals surface area contributed by atoms with Crippen LogP contribution in [0.5, 0.6) is 0 Å². The lowest BCUT2D eigenvalue weighted by atomic mass is 10.7. The molecule has 1 heterocycles. The zero-order chi connectivity index (χ0) is 12.5. The molecule has 0 unspecified atom stereocenters. The van der Waals surface area contributed by atoms with E-state index in [0.29, 0.717) is 12.5 Å². The molecule has 0 atom stereocenters. The molecule has 8 nitrogen and oxygen atoms in total. The number of nitrogens with zero attached hydrogens (tertiary/aromatic N) is 4. The highest BCUT2D eigenvalue weighted by molar-refractivity contribution is 7.98. The normalized spacial score (nSPS) is 10.9. The smallest absolute Gasteiger partial charge is 0.239 e. The van der Waals surface area contributed by atoms with Crippen LogP contribution in [0.1, 0.15) is 5.82 Å². The summed E-state index contributed by atoms with van der Waals surface area (Å²) in [7, 11) is 1.61. The van der Waals surface area contributed by atoms with E-state index in [-0.39, 0.29) is 5.95 Å². The highest BCUT2D eigenvalue weighted by atomic mass is 32.2. The minimum Gasteiger partial charge on any atom is -0.367 e. The number of aromatic amines is 1. The van der Waals surface area contributed by atoms with Gasteiger partial charge in [-0.15, -0.1) is 5.10 Å². The second-order valence-corrected chi connectivity index (χ2v) is 4.03. The van der Waals surface area contributed by atoms with Gasteiger partial charge in [0.05, 0.1) is 5.75 Å². The van der Waals surface area contributed by atoms with Gasteiger partial charge in [0, 0.05) is 19.3 Å².